The first-order chi connectivity index (χ1) is 12.5. The molecule has 1 heterocycles. The molecule has 0 spiro atoms. The Labute approximate surface area is 155 Å². The normalized spacial score (nSPS) is 11.8. The van der Waals surface area contributed by atoms with Gasteiger partial charge in [0, 0.05) is 30.1 Å². The number of carbonyl (C=O) groups is 2. The standard InChI is InChI=1S/C21H27N3O2/c1-4-5-8-19(25)23-18-11-9-16(10-12-18)21(26)24-20(15(2)3)17-7-6-13-22-14-17/h6-7,9-15,20H,4-5,8H2,1-3H3,(H,23,25)(H,24,26). The maximum absolute atomic E-state index is 12.6. The molecule has 0 aliphatic rings. The van der Waals surface area contributed by atoms with Gasteiger partial charge in [-0.1, -0.05) is 33.3 Å². The van der Waals surface area contributed by atoms with Crippen LogP contribution in [0.3, 0.4) is 0 Å². The minimum Gasteiger partial charge on any atom is -0.345 e. The van der Waals surface area contributed by atoms with E-state index in [1.165, 1.54) is 0 Å². The average Bonchev–Trinajstić information content (AvgIpc) is 2.65. The van der Waals surface area contributed by atoms with Gasteiger partial charge in [-0.2, -0.15) is 0 Å². The molecular formula is C21H27N3O2. The molecule has 2 aromatic rings. The average molecular weight is 353 g/mol. The molecular weight excluding hydrogens is 326 g/mol. The van der Waals surface area contributed by atoms with Crippen LogP contribution in [0.4, 0.5) is 5.69 Å². The Kier molecular flexibility index (Phi) is 7.33. The summed E-state index contributed by atoms with van der Waals surface area (Å²) in [6, 6.07) is 10.7. The number of hydrogen-bond acceptors (Lipinski definition) is 3. The predicted octanol–water partition coefficient (Wildman–Crippen LogP) is 4.34. The highest BCUT2D eigenvalue weighted by Gasteiger charge is 2.19. The second-order valence-electron chi connectivity index (χ2n) is 6.71. The highest BCUT2D eigenvalue weighted by atomic mass is 16.2. The lowest BCUT2D eigenvalue weighted by Gasteiger charge is -2.22. The summed E-state index contributed by atoms with van der Waals surface area (Å²) in [6.45, 7) is 6.18. The van der Waals surface area contributed by atoms with Crippen LogP contribution in [0.1, 0.15) is 62.0 Å². The number of amides is 2. The van der Waals surface area contributed by atoms with Crippen molar-refractivity contribution in [3.63, 3.8) is 0 Å². The third kappa shape index (κ3) is 5.69. The summed E-state index contributed by atoms with van der Waals surface area (Å²) < 4.78 is 0. The number of nitrogens with zero attached hydrogens (tertiary/aromatic N) is 1. The summed E-state index contributed by atoms with van der Waals surface area (Å²) in [7, 11) is 0. The molecule has 1 aromatic carbocycles. The quantitative estimate of drug-likeness (QED) is 0.742. The molecule has 5 heteroatoms. The number of carbonyl (C=O) groups excluding carboxylic acids is 2. The van der Waals surface area contributed by atoms with E-state index in [4.69, 9.17) is 0 Å². The van der Waals surface area contributed by atoms with Crippen LogP contribution in [-0.2, 0) is 4.79 Å². The zero-order valence-electron chi connectivity index (χ0n) is 15.7. The molecule has 2 rings (SSSR count). The number of rotatable bonds is 8. The maximum atomic E-state index is 12.6. The van der Waals surface area contributed by atoms with E-state index in [1.54, 1.807) is 36.7 Å². The summed E-state index contributed by atoms with van der Waals surface area (Å²) in [4.78, 5) is 28.5. The predicted molar refractivity (Wildman–Crippen MR) is 104 cm³/mol. The number of nitrogens with one attached hydrogen (secondary N) is 2. The number of unbranched alkanes of at least 4 members (excludes halogenated alkanes) is 1. The fourth-order valence-electron chi connectivity index (χ4n) is 2.69. The van der Waals surface area contributed by atoms with Gasteiger partial charge in [0.2, 0.25) is 5.91 Å². The van der Waals surface area contributed by atoms with Crippen LogP contribution in [0.5, 0.6) is 0 Å². The fraction of sp³-hybridized carbons (Fsp3) is 0.381. The van der Waals surface area contributed by atoms with Crippen molar-refractivity contribution in [2.75, 3.05) is 5.32 Å². The van der Waals surface area contributed by atoms with Crippen molar-refractivity contribution in [2.45, 2.75) is 46.1 Å². The molecule has 138 valence electrons. The van der Waals surface area contributed by atoms with Crippen LogP contribution in [0.25, 0.3) is 0 Å². The van der Waals surface area contributed by atoms with Gasteiger partial charge in [-0.15, -0.1) is 0 Å². The first-order valence-corrected chi connectivity index (χ1v) is 9.12. The van der Waals surface area contributed by atoms with E-state index in [0.29, 0.717) is 17.7 Å². The summed E-state index contributed by atoms with van der Waals surface area (Å²) >= 11 is 0. The van der Waals surface area contributed by atoms with Crippen LogP contribution in [0.2, 0.25) is 0 Å². The molecule has 1 unspecified atom stereocenters. The van der Waals surface area contributed by atoms with Crippen LogP contribution in [0.15, 0.2) is 48.8 Å². The zero-order valence-corrected chi connectivity index (χ0v) is 15.7. The first-order valence-electron chi connectivity index (χ1n) is 9.12. The van der Waals surface area contributed by atoms with Crippen molar-refractivity contribution in [3.8, 4) is 0 Å². The van der Waals surface area contributed by atoms with E-state index in [2.05, 4.69) is 36.4 Å². The molecule has 0 bridgehead atoms. The highest BCUT2D eigenvalue weighted by molar-refractivity contribution is 5.96. The molecule has 0 saturated carbocycles. The lowest BCUT2D eigenvalue weighted by Crippen LogP contribution is -2.31. The minimum absolute atomic E-state index is 0.000464. The molecule has 0 aliphatic carbocycles. The highest BCUT2D eigenvalue weighted by Crippen LogP contribution is 2.21. The first kappa shape index (κ1) is 19.6. The second kappa shape index (κ2) is 9.70. The Morgan fingerprint density at radius 1 is 1.12 bits per heavy atom. The molecule has 2 N–H and O–H groups in total. The summed E-state index contributed by atoms with van der Waals surface area (Å²) in [5.41, 5.74) is 2.25. The summed E-state index contributed by atoms with van der Waals surface area (Å²) in [5.74, 6) is 0.0946. The Bertz CT molecular complexity index is 712. The van der Waals surface area contributed by atoms with E-state index in [9.17, 15) is 9.59 Å². The number of aromatic nitrogens is 1. The molecule has 0 radical (unpaired) electrons. The van der Waals surface area contributed by atoms with Crippen molar-refractivity contribution in [1.82, 2.24) is 10.3 Å². The van der Waals surface area contributed by atoms with Crippen molar-refractivity contribution in [3.05, 3.63) is 59.9 Å². The Morgan fingerprint density at radius 3 is 2.42 bits per heavy atom. The van der Waals surface area contributed by atoms with Gasteiger partial charge < -0.3 is 10.6 Å². The Morgan fingerprint density at radius 2 is 1.85 bits per heavy atom. The van der Waals surface area contributed by atoms with Crippen LogP contribution < -0.4 is 10.6 Å². The lowest BCUT2D eigenvalue weighted by atomic mass is 9.97. The van der Waals surface area contributed by atoms with Gasteiger partial charge in [0.15, 0.2) is 0 Å². The van der Waals surface area contributed by atoms with Gasteiger partial charge in [0.25, 0.3) is 5.91 Å². The molecule has 0 aliphatic heterocycles. The largest absolute Gasteiger partial charge is 0.345 e. The third-order valence-corrected chi connectivity index (χ3v) is 4.19. The van der Waals surface area contributed by atoms with Crippen LogP contribution in [0, 0.1) is 5.92 Å². The SMILES string of the molecule is CCCCC(=O)Nc1ccc(C(=O)NC(c2cccnc2)C(C)C)cc1. The zero-order chi connectivity index (χ0) is 18.9. The van der Waals surface area contributed by atoms with E-state index in [1.807, 2.05) is 12.1 Å². The fourth-order valence-corrected chi connectivity index (χ4v) is 2.69. The van der Waals surface area contributed by atoms with Crippen LogP contribution in [-0.4, -0.2) is 16.8 Å². The van der Waals surface area contributed by atoms with Gasteiger partial charge in [0.1, 0.15) is 0 Å². The molecule has 0 saturated heterocycles. The van der Waals surface area contributed by atoms with Gasteiger partial charge >= 0.3 is 0 Å². The van der Waals surface area contributed by atoms with Gasteiger partial charge in [0.05, 0.1) is 6.04 Å². The molecule has 26 heavy (non-hydrogen) atoms. The molecule has 0 fully saturated rings. The second-order valence-corrected chi connectivity index (χ2v) is 6.71. The summed E-state index contributed by atoms with van der Waals surface area (Å²) in [6.07, 6.45) is 5.87. The van der Waals surface area contributed by atoms with E-state index < -0.39 is 0 Å². The summed E-state index contributed by atoms with van der Waals surface area (Å²) in [5, 5.41) is 5.92. The van der Waals surface area contributed by atoms with E-state index in [-0.39, 0.29) is 23.8 Å². The lowest BCUT2D eigenvalue weighted by molar-refractivity contribution is -0.116. The van der Waals surface area contributed by atoms with E-state index >= 15 is 0 Å². The van der Waals surface area contributed by atoms with Crippen molar-refractivity contribution in [1.29, 1.82) is 0 Å². The molecule has 5 nitrogen and oxygen atoms in total. The van der Waals surface area contributed by atoms with Crippen molar-refractivity contribution >= 4 is 17.5 Å². The van der Waals surface area contributed by atoms with Gasteiger partial charge in [-0.25, -0.2) is 0 Å². The number of hydrogen-bond donors (Lipinski definition) is 2. The Balaban J connectivity index is 2.01. The minimum atomic E-state index is -0.142. The monoisotopic (exact) mass is 353 g/mol. The third-order valence-electron chi connectivity index (χ3n) is 4.19. The van der Waals surface area contributed by atoms with Crippen LogP contribution >= 0.6 is 0 Å². The number of anilines is 1. The van der Waals surface area contributed by atoms with Gasteiger partial charge in [-0.05, 0) is 48.2 Å². The van der Waals surface area contributed by atoms with Crippen molar-refractivity contribution in [2.24, 2.45) is 5.92 Å². The topological polar surface area (TPSA) is 71.1 Å². The number of benzene rings is 1. The number of pyridine rings is 1. The van der Waals surface area contributed by atoms with Gasteiger partial charge in [-0.3, -0.25) is 14.6 Å². The molecule has 1 aromatic heterocycles. The smallest absolute Gasteiger partial charge is 0.251 e. The molecule has 2 amide bonds. The molecule has 1 atom stereocenters. The van der Waals surface area contributed by atoms with Crippen molar-refractivity contribution < 1.29 is 9.59 Å². The maximum Gasteiger partial charge on any atom is 0.251 e. The van der Waals surface area contributed by atoms with E-state index in [0.717, 1.165) is 18.4 Å². The Hall–Kier alpha value is -2.69.